The Bertz CT molecular complexity index is 529. The number of hydrogen-bond donors (Lipinski definition) is 0. The highest BCUT2D eigenvalue weighted by atomic mass is 16.2. The Labute approximate surface area is 198 Å². The molecule has 0 unspecified atom stereocenters. The summed E-state index contributed by atoms with van der Waals surface area (Å²) in [7, 11) is 3.98. The summed E-state index contributed by atoms with van der Waals surface area (Å²) in [5.41, 5.74) is 0. The van der Waals surface area contributed by atoms with E-state index in [-0.39, 0.29) is 11.9 Å². The molecule has 0 rings (SSSR count). The summed E-state index contributed by atoms with van der Waals surface area (Å²) in [6.07, 6.45) is 23.2. The minimum atomic E-state index is -0.274. The van der Waals surface area contributed by atoms with Gasteiger partial charge >= 0.3 is 11.9 Å². The van der Waals surface area contributed by atoms with Crippen LogP contribution >= 0.6 is 0 Å². The van der Waals surface area contributed by atoms with E-state index >= 15 is 0 Å². The molecule has 5 nitrogen and oxygen atoms in total. The number of imide groups is 1. The Morgan fingerprint density at radius 3 is 1.75 bits per heavy atom. The van der Waals surface area contributed by atoms with E-state index in [0.29, 0.717) is 13.1 Å². The molecule has 0 aromatic rings. The van der Waals surface area contributed by atoms with E-state index in [0.717, 1.165) is 25.8 Å². The third-order valence-corrected chi connectivity index (χ3v) is 5.81. The third kappa shape index (κ3) is 18.1. The lowest BCUT2D eigenvalue weighted by Gasteiger charge is -2.14. The molecule has 0 radical (unpaired) electrons. The first-order chi connectivity index (χ1) is 15.4. The van der Waals surface area contributed by atoms with Crippen molar-refractivity contribution in [2.75, 3.05) is 33.7 Å². The summed E-state index contributed by atoms with van der Waals surface area (Å²) in [5, 5.41) is 0. The minimum Gasteiger partial charge on any atom is -0.309 e. The molecule has 0 fully saturated rings. The Balaban J connectivity index is 3.69. The van der Waals surface area contributed by atoms with Crippen LogP contribution in [0.15, 0.2) is 12.2 Å². The molecule has 32 heavy (non-hydrogen) atoms. The maximum Gasteiger partial charge on any atom is 0.500 e. The fraction of sp³-hybridized carbons (Fsp3) is 0.815. The van der Waals surface area contributed by atoms with Gasteiger partial charge in [0, 0.05) is 13.5 Å². The molecule has 0 spiro atoms. The third-order valence-electron chi connectivity index (χ3n) is 5.81. The lowest BCUT2D eigenvalue weighted by molar-refractivity contribution is -0.427. The van der Waals surface area contributed by atoms with Gasteiger partial charge in [0.05, 0.1) is 19.8 Å². The highest BCUT2D eigenvalue weighted by Crippen LogP contribution is 2.10. The summed E-state index contributed by atoms with van der Waals surface area (Å²) in [4.78, 5) is 27.7. The Morgan fingerprint density at radius 1 is 0.750 bits per heavy atom. The van der Waals surface area contributed by atoms with Gasteiger partial charge in [-0.3, -0.25) is 0 Å². The van der Waals surface area contributed by atoms with Crippen LogP contribution in [0, 0.1) is 0 Å². The predicted octanol–water partition coefficient (Wildman–Crippen LogP) is 6.66. The molecule has 0 aliphatic heterocycles. The molecule has 0 heterocycles. The lowest BCUT2D eigenvalue weighted by Crippen LogP contribution is -2.42. The zero-order chi connectivity index (χ0) is 24.0. The lowest BCUT2D eigenvalue weighted by atomic mass is 10.1. The minimum absolute atomic E-state index is 0.205. The van der Waals surface area contributed by atoms with E-state index in [1.165, 1.54) is 93.4 Å². The number of unbranched alkanes of at least 4 members (excludes halogenated alkanes) is 12. The van der Waals surface area contributed by atoms with Crippen molar-refractivity contribution in [2.45, 2.75) is 110 Å². The molecule has 0 atom stereocenters. The second-order valence-electron chi connectivity index (χ2n) is 9.31. The zero-order valence-corrected chi connectivity index (χ0v) is 21.7. The SMILES string of the molecule is C=[N+](CCCCCCCC/C=C\CCCCCCCC)C(=O)N(CCCN(C)C)C(C)=O. The molecule has 0 saturated heterocycles. The highest BCUT2D eigenvalue weighted by molar-refractivity contribution is 5.90. The Kier molecular flexibility index (Phi) is 20.4. The monoisotopic (exact) mass is 450 g/mol. The van der Waals surface area contributed by atoms with Gasteiger partial charge < -0.3 is 4.90 Å². The van der Waals surface area contributed by atoms with Crippen LogP contribution in [0.1, 0.15) is 110 Å². The quantitative estimate of drug-likeness (QED) is 0.0901. The fourth-order valence-electron chi connectivity index (χ4n) is 3.75. The van der Waals surface area contributed by atoms with Crippen molar-refractivity contribution in [3.8, 4) is 0 Å². The van der Waals surface area contributed by atoms with Crippen LogP contribution in [-0.4, -0.2) is 66.8 Å². The maximum absolute atomic E-state index is 12.5. The molecule has 5 heteroatoms. The topological polar surface area (TPSA) is 43.6 Å². The highest BCUT2D eigenvalue weighted by Gasteiger charge is 2.28. The van der Waals surface area contributed by atoms with Crippen molar-refractivity contribution < 1.29 is 14.2 Å². The van der Waals surface area contributed by atoms with Crippen LogP contribution in [0.5, 0.6) is 0 Å². The van der Waals surface area contributed by atoms with Crippen molar-refractivity contribution in [3.63, 3.8) is 0 Å². The molecule has 0 N–H and O–H groups in total. The van der Waals surface area contributed by atoms with E-state index in [4.69, 9.17) is 0 Å². The number of urea groups is 1. The molecular formula is C27H52N3O2+. The molecule has 0 aromatic carbocycles. The summed E-state index contributed by atoms with van der Waals surface area (Å²) in [6.45, 7) is 9.49. The molecule has 0 aromatic heterocycles. The van der Waals surface area contributed by atoms with E-state index in [2.05, 4.69) is 30.7 Å². The van der Waals surface area contributed by atoms with Crippen LogP contribution in [0.2, 0.25) is 0 Å². The molecule has 0 saturated carbocycles. The first kappa shape index (κ1) is 30.5. The van der Waals surface area contributed by atoms with Crippen LogP contribution in [0.25, 0.3) is 0 Å². The number of amides is 3. The van der Waals surface area contributed by atoms with E-state index in [1.807, 2.05) is 14.1 Å². The van der Waals surface area contributed by atoms with E-state index in [1.54, 1.807) is 0 Å². The number of nitrogens with zero attached hydrogens (tertiary/aromatic N) is 3. The predicted molar refractivity (Wildman–Crippen MR) is 138 cm³/mol. The van der Waals surface area contributed by atoms with Crippen molar-refractivity contribution >= 4 is 18.7 Å². The van der Waals surface area contributed by atoms with Gasteiger partial charge in [0.2, 0.25) is 0 Å². The average Bonchev–Trinajstić information content (AvgIpc) is 2.75. The van der Waals surface area contributed by atoms with E-state index in [9.17, 15) is 9.59 Å². The van der Waals surface area contributed by atoms with Crippen molar-refractivity contribution in [3.05, 3.63) is 12.2 Å². The molecule has 0 aliphatic carbocycles. The van der Waals surface area contributed by atoms with Gasteiger partial charge in [0.25, 0.3) is 0 Å². The first-order valence-electron chi connectivity index (χ1n) is 13.1. The molecule has 0 aliphatic rings. The Hall–Kier alpha value is -1.49. The number of rotatable bonds is 20. The molecule has 186 valence electrons. The van der Waals surface area contributed by atoms with Gasteiger partial charge in [-0.15, -0.1) is 0 Å². The average molecular weight is 451 g/mol. The van der Waals surface area contributed by atoms with Gasteiger partial charge in [0.15, 0.2) is 0 Å². The number of carbonyl (C=O) groups is 2. The van der Waals surface area contributed by atoms with Gasteiger partial charge in [-0.25, -0.2) is 9.37 Å². The smallest absolute Gasteiger partial charge is 0.309 e. The summed E-state index contributed by atoms with van der Waals surface area (Å²) < 4.78 is 1.45. The van der Waals surface area contributed by atoms with Crippen molar-refractivity contribution in [2.24, 2.45) is 0 Å². The van der Waals surface area contributed by atoms with Crippen LogP contribution < -0.4 is 0 Å². The van der Waals surface area contributed by atoms with Crippen molar-refractivity contribution in [1.82, 2.24) is 9.80 Å². The van der Waals surface area contributed by atoms with Gasteiger partial charge in [-0.05, 0) is 59.0 Å². The number of hydrogen-bond acceptors (Lipinski definition) is 3. The van der Waals surface area contributed by atoms with E-state index < -0.39 is 0 Å². The van der Waals surface area contributed by atoms with Gasteiger partial charge in [-0.1, -0.05) is 70.4 Å². The number of allylic oxidation sites excluding steroid dienone is 2. The second kappa shape index (κ2) is 21.4. The summed E-state index contributed by atoms with van der Waals surface area (Å²) in [5.74, 6) is -0.205. The van der Waals surface area contributed by atoms with Gasteiger partial charge in [-0.2, -0.15) is 9.69 Å². The Morgan fingerprint density at radius 2 is 1.25 bits per heavy atom. The second-order valence-corrected chi connectivity index (χ2v) is 9.31. The zero-order valence-electron chi connectivity index (χ0n) is 21.7. The largest absolute Gasteiger partial charge is 0.500 e. The van der Waals surface area contributed by atoms with Gasteiger partial charge in [0.1, 0.15) is 0 Å². The fourth-order valence-corrected chi connectivity index (χ4v) is 3.75. The molecule has 3 amide bonds. The maximum atomic E-state index is 12.5. The number of carbonyl (C=O) groups excluding carboxylic acids is 2. The summed E-state index contributed by atoms with van der Waals surface area (Å²) in [6, 6.07) is -0.274. The van der Waals surface area contributed by atoms with Crippen LogP contribution in [0.4, 0.5) is 4.79 Å². The van der Waals surface area contributed by atoms with Crippen LogP contribution in [-0.2, 0) is 4.79 Å². The van der Waals surface area contributed by atoms with Crippen LogP contribution in [0.3, 0.4) is 0 Å². The molecular weight excluding hydrogens is 398 g/mol. The first-order valence-corrected chi connectivity index (χ1v) is 13.1. The standard InChI is InChI=1S/C27H52N3O2/c1-6-7-8-9-10-11-12-13-14-15-16-17-18-19-20-21-24-29(5)27(32)30(26(2)31)25-22-23-28(3)4/h13-14H,5-12,15-25H2,1-4H3/q+1/b14-13-. The summed E-state index contributed by atoms with van der Waals surface area (Å²) >= 11 is 0. The van der Waals surface area contributed by atoms with Crippen molar-refractivity contribution in [1.29, 1.82) is 0 Å². The normalized spacial score (nSPS) is 11.4. The molecule has 0 bridgehead atoms.